The Morgan fingerprint density at radius 1 is 1.30 bits per heavy atom. The first-order chi connectivity index (χ1) is 4.84. The van der Waals surface area contributed by atoms with Gasteiger partial charge in [-0.1, -0.05) is 30.3 Å². The van der Waals surface area contributed by atoms with Crippen molar-refractivity contribution in [2.24, 2.45) is 0 Å². The van der Waals surface area contributed by atoms with Gasteiger partial charge in [0.25, 0.3) is 0 Å². The average molecular weight is 170 g/mol. The van der Waals surface area contributed by atoms with Crippen LogP contribution in [0, 0.1) is 0 Å². The van der Waals surface area contributed by atoms with Crippen molar-refractivity contribution in [2.45, 2.75) is 0 Å². The molecule has 3 heteroatoms. The molecule has 0 aromatic heterocycles. The van der Waals surface area contributed by atoms with Crippen LogP contribution in [0.5, 0.6) is 0 Å². The second kappa shape index (κ2) is 3.68. The van der Waals surface area contributed by atoms with Gasteiger partial charge in [-0.15, -0.1) is 11.7 Å². The lowest BCUT2D eigenvalue weighted by atomic mass is 10.2. The third kappa shape index (κ3) is 1.78. The molecule has 0 aliphatic rings. The van der Waals surface area contributed by atoms with Crippen LogP contribution in [-0.2, 0) is 0 Å². The monoisotopic (exact) mass is 170 g/mol. The van der Waals surface area contributed by atoms with Gasteiger partial charge in [-0.3, -0.25) is 4.79 Å². The molecule has 10 heavy (non-hydrogen) atoms. The predicted octanol–water partition coefficient (Wildman–Crippen LogP) is 2.40. The summed E-state index contributed by atoms with van der Waals surface area (Å²) in [6, 6.07) is 9.07. The topological polar surface area (TPSA) is 17.1 Å². The normalized spacial score (nSPS) is 9.30. The molecule has 0 atom stereocenters. The third-order valence-corrected chi connectivity index (χ3v) is 1.99. The number of carbonyl (C=O) groups is 1. The molecule has 0 saturated heterocycles. The molecule has 0 amide bonds. The van der Waals surface area contributed by atoms with Crippen molar-refractivity contribution < 1.29 is 4.79 Å². The van der Waals surface area contributed by atoms with Crippen molar-refractivity contribution in [2.75, 3.05) is 0 Å². The first-order valence-electron chi connectivity index (χ1n) is 2.75. The van der Waals surface area contributed by atoms with Crippen molar-refractivity contribution in [1.82, 2.24) is 0 Å². The number of rotatable bonds is 1. The summed E-state index contributed by atoms with van der Waals surface area (Å²) in [5.41, 5.74) is 0.697. The van der Waals surface area contributed by atoms with Gasteiger partial charge in [-0.05, 0) is 10.8 Å². The van der Waals surface area contributed by atoms with E-state index in [1.54, 1.807) is 12.1 Å². The van der Waals surface area contributed by atoms with Gasteiger partial charge < -0.3 is 0 Å². The summed E-state index contributed by atoms with van der Waals surface area (Å²) < 4.78 is 0. The molecule has 0 fully saturated rings. The van der Waals surface area contributed by atoms with Crippen LogP contribution in [0.25, 0.3) is 0 Å². The smallest absolute Gasteiger partial charge is 0.229 e. The van der Waals surface area contributed by atoms with Gasteiger partial charge in [0.05, 0.1) is 0 Å². The predicted molar refractivity (Wildman–Crippen MR) is 47.3 cm³/mol. The highest BCUT2D eigenvalue weighted by atomic mass is 33.1. The van der Waals surface area contributed by atoms with E-state index in [-0.39, 0.29) is 5.12 Å². The van der Waals surface area contributed by atoms with Gasteiger partial charge in [-0.2, -0.15) is 0 Å². The number of hydrogen-bond donors (Lipinski definition) is 1. The highest BCUT2D eigenvalue weighted by molar-refractivity contribution is 8.75. The first kappa shape index (κ1) is 7.69. The SMILES string of the molecule is O=C(SS)c1ccccc1. The van der Waals surface area contributed by atoms with E-state index in [0.717, 1.165) is 10.8 Å². The Bertz CT molecular complexity index is 220. The summed E-state index contributed by atoms with van der Waals surface area (Å²) in [5.74, 6) is 0. The summed E-state index contributed by atoms with van der Waals surface area (Å²) >= 11 is 3.79. The van der Waals surface area contributed by atoms with Crippen molar-refractivity contribution in [1.29, 1.82) is 0 Å². The summed E-state index contributed by atoms with van der Waals surface area (Å²) in [5, 5.41) is -0.0102. The molecule has 0 N–H and O–H groups in total. The third-order valence-electron chi connectivity index (χ3n) is 1.09. The Labute approximate surface area is 68.6 Å². The van der Waals surface area contributed by atoms with Crippen molar-refractivity contribution in [3.05, 3.63) is 35.9 Å². The zero-order chi connectivity index (χ0) is 7.40. The van der Waals surface area contributed by atoms with E-state index in [0.29, 0.717) is 5.56 Å². The van der Waals surface area contributed by atoms with Crippen LogP contribution < -0.4 is 0 Å². The van der Waals surface area contributed by atoms with E-state index in [1.807, 2.05) is 18.2 Å². The van der Waals surface area contributed by atoms with Crippen LogP contribution in [-0.4, -0.2) is 5.12 Å². The minimum atomic E-state index is -0.0102. The molecule has 0 heterocycles. The quantitative estimate of drug-likeness (QED) is 0.515. The van der Waals surface area contributed by atoms with Crippen molar-refractivity contribution in [3.8, 4) is 0 Å². The summed E-state index contributed by atoms with van der Waals surface area (Å²) in [6.07, 6.45) is 0. The standard InChI is InChI=1S/C7H6OS2/c8-7(10-9)6-4-2-1-3-5-6/h1-5,9H. The Hall–Kier alpha value is -0.410. The Morgan fingerprint density at radius 3 is 2.40 bits per heavy atom. The lowest BCUT2D eigenvalue weighted by molar-refractivity contribution is 0.109. The van der Waals surface area contributed by atoms with Gasteiger partial charge >= 0.3 is 0 Å². The van der Waals surface area contributed by atoms with Crippen LogP contribution in [0.4, 0.5) is 0 Å². The summed E-state index contributed by atoms with van der Waals surface area (Å²) in [6.45, 7) is 0. The minimum absolute atomic E-state index is 0.0102. The molecule has 0 bridgehead atoms. The van der Waals surface area contributed by atoms with Crippen LogP contribution in [0.1, 0.15) is 10.4 Å². The lowest BCUT2D eigenvalue weighted by Gasteiger charge is -1.92. The zero-order valence-corrected chi connectivity index (χ0v) is 6.86. The molecule has 0 unspecified atom stereocenters. The van der Waals surface area contributed by atoms with Crippen molar-refractivity contribution >= 4 is 27.6 Å². The molecular formula is C7H6OS2. The Balaban J connectivity index is 2.85. The van der Waals surface area contributed by atoms with Gasteiger partial charge in [0.2, 0.25) is 5.12 Å². The number of benzene rings is 1. The maximum Gasteiger partial charge on any atom is 0.229 e. The highest BCUT2D eigenvalue weighted by Crippen LogP contribution is 2.14. The molecule has 1 aromatic carbocycles. The maximum absolute atomic E-state index is 10.9. The molecule has 0 radical (unpaired) electrons. The number of hydrogen-bond acceptors (Lipinski definition) is 3. The molecule has 0 aliphatic heterocycles. The van der Waals surface area contributed by atoms with Crippen LogP contribution in [0.15, 0.2) is 30.3 Å². The molecule has 0 aliphatic carbocycles. The summed E-state index contributed by atoms with van der Waals surface area (Å²) in [7, 11) is 0.933. The highest BCUT2D eigenvalue weighted by Gasteiger charge is 2.00. The fourth-order valence-corrected chi connectivity index (χ4v) is 1.18. The molecule has 0 spiro atoms. The largest absolute Gasteiger partial charge is 0.281 e. The van der Waals surface area contributed by atoms with Gasteiger partial charge in [0.1, 0.15) is 0 Å². The van der Waals surface area contributed by atoms with Gasteiger partial charge in [0, 0.05) is 5.56 Å². The number of thiol groups is 1. The second-order valence-electron chi connectivity index (χ2n) is 1.74. The minimum Gasteiger partial charge on any atom is -0.281 e. The van der Waals surface area contributed by atoms with Crippen molar-refractivity contribution in [3.63, 3.8) is 0 Å². The van der Waals surface area contributed by atoms with Crippen LogP contribution >= 0.6 is 22.5 Å². The Morgan fingerprint density at radius 2 is 1.90 bits per heavy atom. The molecule has 0 saturated carbocycles. The number of carbonyl (C=O) groups excluding carboxylic acids is 1. The fraction of sp³-hybridized carbons (Fsp3) is 0. The molecule has 1 aromatic rings. The van der Waals surface area contributed by atoms with E-state index >= 15 is 0 Å². The van der Waals surface area contributed by atoms with E-state index in [1.165, 1.54) is 0 Å². The van der Waals surface area contributed by atoms with E-state index < -0.39 is 0 Å². The zero-order valence-electron chi connectivity index (χ0n) is 5.15. The first-order valence-corrected chi connectivity index (χ1v) is 4.62. The molecule has 1 nitrogen and oxygen atoms in total. The molecular weight excluding hydrogens is 164 g/mol. The fourth-order valence-electron chi connectivity index (χ4n) is 0.627. The lowest BCUT2D eigenvalue weighted by Crippen LogP contribution is -1.87. The van der Waals surface area contributed by atoms with E-state index in [4.69, 9.17) is 0 Å². The van der Waals surface area contributed by atoms with Crippen LogP contribution in [0.3, 0.4) is 0 Å². The molecule has 52 valence electrons. The van der Waals surface area contributed by atoms with E-state index in [2.05, 4.69) is 11.7 Å². The summed E-state index contributed by atoms with van der Waals surface area (Å²) in [4.78, 5) is 10.9. The second-order valence-corrected chi connectivity index (χ2v) is 2.85. The maximum atomic E-state index is 10.9. The average Bonchev–Trinajstić information content (AvgIpc) is 2.05. The van der Waals surface area contributed by atoms with E-state index in [9.17, 15) is 4.79 Å². The van der Waals surface area contributed by atoms with Gasteiger partial charge in [0.15, 0.2) is 0 Å². The molecule has 1 rings (SSSR count). The van der Waals surface area contributed by atoms with Crippen LogP contribution in [0.2, 0.25) is 0 Å². The Kier molecular flexibility index (Phi) is 2.83. The van der Waals surface area contributed by atoms with Gasteiger partial charge in [-0.25, -0.2) is 0 Å².